The van der Waals surface area contributed by atoms with Crippen molar-refractivity contribution in [2.24, 2.45) is 0 Å². The third-order valence-electron chi connectivity index (χ3n) is 3.19. The highest BCUT2D eigenvalue weighted by atomic mass is 79.9. The summed E-state index contributed by atoms with van der Waals surface area (Å²) in [7, 11) is 0. The van der Waals surface area contributed by atoms with Crippen molar-refractivity contribution in [3.63, 3.8) is 0 Å². The lowest BCUT2D eigenvalue weighted by Crippen LogP contribution is -2.47. The third-order valence-corrected chi connectivity index (χ3v) is 4.19. The number of phenolic OH excluding ortho intramolecular Hbond substituents is 1. The number of phenols is 1. The van der Waals surface area contributed by atoms with E-state index in [9.17, 15) is 13.9 Å². The molecule has 0 amide bonds. The van der Waals surface area contributed by atoms with Crippen LogP contribution in [0.2, 0.25) is 5.02 Å². The van der Waals surface area contributed by atoms with E-state index in [1.54, 1.807) is 11.0 Å². The number of piperazine rings is 1. The van der Waals surface area contributed by atoms with Crippen molar-refractivity contribution in [2.45, 2.75) is 12.5 Å². The highest BCUT2D eigenvalue weighted by Crippen LogP contribution is 2.42. The van der Waals surface area contributed by atoms with E-state index in [1.807, 2.05) is 0 Å². The number of hydrogen-bond donors (Lipinski definition) is 2. The molecule has 0 saturated carbocycles. The van der Waals surface area contributed by atoms with Gasteiger partial charge in [0.05, 0.1) is 5.02 Å². The van der Waals surface area contributed by atoms with Gasteiger partial charge in [-0.3, -0.25) is 4.90 Å². The Bertz CT molecular complexity index is 462. The van der Waals surface area contributed by atoms with Gasteiger partial charge in [-0.1, -0.05) is 27.5 Å². The summed E-state index contributed by atoms with van der Waals surface area (Å²) in [5, 5.41) is 13.2. The zero-order valence-electron chi connectivity index (χ0n) is 10.9. The van der Waals surface area contributed by atoms with Gasteiger partial charge < -0.3 is 10.4 Å². The summed E-state index contributed by atoms with van der Waals surface area (Å²) in [5.41, 5.74) is 0.157. The molecule has 0 spiro atoms. The van der Waals surface area contributed by atoms with Gasteiger partial charge in [-0.25, -0.2) is 8.78 Å². The predicted molar refractivity (Wildman–Crippen MR) is 88.5 cm³/mol. The minimum Gasteiger partial charge on any atom is -0.506 e. The van der Waals surface area contributed by atoms with Crippen LogP contribution in [0.5, 0.6) is 5.75 Å². The third kappa shape index (κ3) is 4.81. The molecule has 1 saturated heterocycles. The van der Waals surface area contributed by atoms with Crippen molar-refractivity contribution in [1.82, 2.24) is 10.2 Å². The topological polar surface area (TPSA) is 35.5 Å². The molecule has 1 aliphatic heterocycles. The zero-order valence-corrected chi connectivity index (χ0v) is 14.8. The van der Waals surface area contributed by atoms with Crippen LogP contribution >= 0.6 is 52.3 Å². The van der Waals surface area contributed by atoms with Gasteiger partial charge in [0.1, 0.15) is 11.8 Å². The van der Waals surface area contributed by atoms with Crippen LogP contribution in [0.25, 0.3) is 0 Å². The molecule has 0 unspecified atom stereocenters. The number of benzene rings is 1. The van der Waals surface area contributed by atoms with Gasteiger partial charge in [0.15, 0.2) is 0 Å². The van der Waals surface area contributed by atoms with Crippen LogP contribution in [0.3, 0.4) is 0 Å². The summed E-state index contributed by atoms with van der Waals surface area (Å²) in [6.45, 7) is 2.32. The summed E-state index contributed by atoms with van der Waals surface area (Å²) in [6, 6.07) is 1.90. The van der Waals surface area contributed by atoms with Gasteiger partial charge in [-0.15, -0.1) is 24.8 Å². The summed E-state index contributed by atoms with van der Waals surface area (Å²) < 4.78 is 27.3. The first-order chi connectivity index (χ1) is 9.02. The van der Waals surface area contributed by atoms with E-state index in [0.29, 0.717) is 30.7 Å². The summed E-state index contributed by atoms with van der Waals surface area (Å²) in [5.74, 6) is -0.278. The van der Waals surface area contributed by atoms with Gasteiger partial charge in [0.2, 0.25) is 0 Å². The van der Waals surface area contributed by atoms with E-state index >= 15 is 0 Å². The lowest BCUT2D eigenvalue weighted by atomic mass is 10.0. The van der Waals surface area contributed by atoms with E-state index in [2.05, 4.69) is 21.2 Å². The van der Waals surface area contributed by atoms with Crippen molar-refractivity contribution in [2.75, 3.05) is 26.2 Å². The Hall–Kier alpha value is 0.150. The highest BCUT2D eigenvalue weighted by Gasteiger charge is 2.34. The maximum atomic E-state index is 13.4. The largest absolute Gasteiger partial charge is 0.506 e. The number of alkyl halides is 2. The van der Waals surface area contributed by atoms with Crippen molar-refractivity contribution < 1.29 is 13.9 Å². The first-order valence-electron chi connectivity index (χ1n) is 5.92. The first-order valence-corrected chi connectivity index (χ1v) is 7.09. The lowest BCUT2D eigenvalue weighted by molar-refractivity contribution is 0.0166. The second kappa shape index (κ2) is 9.33. The smallest absolute Gasteiger partial charge is 0.258 e. The van der Waals surface area contributed by atoms with Crippen molar-refractivity contribution >= 4 is 52.3 Å². The standard InChI is InChI=1S/C12H14BrClF2N2O.2ClH/c13-7-1-2-8(14)11(19)9(7)10(12(15)16)18-5-3-17-4-6-18;;/h1-2,10,12,17,19H,3-6H2;2*1H/t10-;;/m0../s1. The molecular weight excluding hydrogens is 412 g/mol. The minimum absolute atomic E-state index is 0. The average Bonchev–Trinajstić information content (AvgIpc) is 2.39. The molecule has 0 bridgehead atoms. The van der Waals surface area contributed by atoms with Crippen LogP contribution in [0, 0.1) is 0 Å². The van der Waals surface area contributed by atoms with Crippen molar-refractivity contribution in [3.8, 4) is 5.75 Å². The van der Waals surface area contributed by atoms with Crippen molar-refractivity contribution in [1.29, 1.82) is 0 Å². The maximum Gasteiger partial charge on any atom is 0.258 e. The molecule has 0 radical (unpaired) electrons. The molecule has 1 aromatic carbocycles. The highest BCUT2D eigenvalue weighted by molar-refractivity contribution is 9.10. The summed E-state index contributed by atoms with van der Waals surface area (Å²) in [4.78, 5) is 1.66. The Morgan fingerprint density at radius 2 is 1.81 bits per heavy atom. The van der Waals surface area contributed by atoms with Crippen LogP contribution in [0.1, 0.15) is 11.6 Å². The molecule has 21 heavy (non-hydrogen) atoms. The molecule has 9 heteroatoms. The number of aromatic hydroxyl groups is 1. The number of rotatable bonds is 3. The van der Waals surface area contributed by atoms with E-state index in [4.69, 9.17) is 11.6 Å². The Labute approximate surface area is 148 Å². The van der Waals surface area contributed by atoms with Crippen molar-refractivity contribution in [3.05, 3.63) is 27.2 Å². The molecule has 1 aromatic rings. The second-order valence-corrected chi connectivity index (χ2v) is 5.62. The quantitative estimate of drug-likeness (QED) is 0.768. The fourth-order valence-corrected chi connectivity index (χ4v) is 2.99. The second-order valence-electron chi connectivity index (χ2n) is 4.36. The van der Waals surface area contributed by atoms with E-state index in [1.165, 1.54) is 6.07 Å². The number of hydrogen-bond acceptors (Lipinski definition) is 3. The molecule has 1 heterocycles. The van der Waals surface area contributed by atoms with Gasteiger partial charge in [0.25, 0.3) is 6.43 Å². The Morgan fingerprint density at radius 1 is 1.24 bits per heavy atom. The summed E-state index contributed by atoms with van der Waals surface area (Å²) >= 11 is 9.05. The predicted octanol–water partition coefficient (Wildman–Crippen LogP) is 3.86. The fraction of sp³-hybridized carbons (Fsp3) is 0.500. The minimum atomic E-state index is -2.60. The van der Waals surface area contributed by atoms with Gasteiger partial charge in [-0.2, -0.15) is 0 Å². The summed E-state index contributed by atoms with van der Waals surface area (Å²) in [6.07, 6.45) is -2.60. The van der Waals surface area contributed by atoms with Crippen LogP contribution < -0.4 is 5.32 Å². The molecule has 2 rings (SSSR count). The van der Waals surface area contributed by atoms with E-state index in [0.717, 1.165) is 0 Å². The molecule has 0 aliphatic carbocycles. The van der Waals surface area contributed by atoms with Crippen LogP contribution in [0.4, 0.5) is 8.78 Å². The molecule has 122 valence electrons. The molecule has 3 nitrogen and oxygen atoms in total. The van der Waals surface area contributed by atoms with Gasteiger partial charge in [0, 0.05) is 36.2 Å². The average molecular weight is 429 g/mol. The molecule has 1 aliphatic rings. The lowest BCUT2D eigenvalue weighted by Gasteiger charge is -2.35. The van der Waals surface area contributed by atoms with Gasteiger partial charge in [-0.05, 0) is 12.1 Å². The monoisotopic (exact) mass is 426 g/mol. The Morgan fingerprint density at radius 3 is 2.33 bits per heavy atom. The SMILES string of the molecule is Cl.Cl.Oc1c(Cl)ccc(Br)c1[C@@H](C(F)F)N1CCNCC1. The number of nitrogens with zero attached hydrogens (tertiary/aromatic N) is 1. The number of halogens is 6. The molecule has 0 aromatic heterocycles. The van der Waals surface area contributed by atoms with E-state index < -0.39 is 12.5 Å². The zero-order chi connectivity index (χ0) is 14.0. The van der Waals surface area contributed by atoms with Gasteiger partial charge >= 0.3 is 0 Å². The van der Waals surface area contributed by atoms with E-state index in [-0.39, 0.29) is 41.1 Å². The fourth-order valence-electron chi connectivity index (χ4n) is 2.27. The maximum absolute atomic E-state index is 13.4. The molecular formula is C12H16BrCl3F2N2O. The van der Waals surface area contributed by atoms with Crippen LogP contribution in [-0.4, -0.2) is 42.6 Å². The molecule has 1 atom stereocenters. The van der Waals surface area contributed by atoms with Crippen LogP contribution in [-0.2, 0) is 0 Å². The molecule has 1 fully saturated rings. The normalized spacial score (nSPS) is 17.0. The first kappa shape index (κ1) is 21.1. The van der Waals surface area contributed by atoms with Crippen LogP contribution in [0.15, 0.2) is 16.6 Å². The Balaban J connectivity index is 0.00000200. The number of nitrogens with one attached hydrogen (secondary N) is 1. The molecule has 2 N–H and O–H groups in total. The Kier molecular flexibility index (Phi) is 9.39.